The number of nitrogens with zero attached hydrogens (tertiary/aromatic N) is 2. The number of hydrogen-bond acceptors (Lipinski definition) is 0. The van der Waals surface area contributed by atoms with Crippen molar-refractivity contribution < 1.29 is 4.70 Å². The molecule has 2 aromatic carbocycles. The molecule has 0 aliphatic carbocycles. The Hall–Kier alpha value is -2.74. The van der Waals surface area contributed by atoms with Crippen LogP contribution in [0.2, 0.25) is 0 Å². The van der Waals surface area contributed by atoms with Crippen molar-refractivity contribution in [1.82, 2.24) is 0 Å². The topological polar surface area (TPSA) is 25.3 Å². The van der Waals surface area contributed by atoms with Crippen molar-refractivity contribution in [2.24, 2.45) is 0 Å². The van der Waals surface area contributed by atoms with Crippen LogP contribution in [0.5, 0.6) is 0 Å². The average molecular weight is 721 g/mol. The fourth-order valence-corrected chi connectivity index (χ4v) is 8.04. The van der Waals surface area contributed by atoms with E-state index in [0.717, 1.165) is 61.0 Å². The molecule has 294 valence electrons. The van der Waals surface area contributed by atoms with E-state index in [1.165, 1.54) is 170 Å². The third-order valence-electron chi connectivity index (χ3n) is 11.4. The van der Waals surface area contributed by atoms with E-state index in [9.17, 15) is 5.53 Å². The van der Waals surface area contributed by atoms with E-state index in [2.05, 4.69) is 88.4 Å². The third-order valence-corrected chi connectivity index (χ3v) is 11.4. The number of allylic oxidation sites excluding steroid dienone is 4. The van der Waals surface area contributed by atoms with Gasteiger partial charge in [0.05, 0.1) is 5.57 Å². The second-order valence-electron chi connectivity index (χ2n) is 16.2. The lowest BCUT2D eigenvalue weighted by atomic mass is 9.93. The molecule has 0 N–H and O–H groups in total. The summed E-state index contributed by atoms with van der Waals surface area (Å²) in [6.07, 6.45) is 42.8. The quantitative estimate of drug-likeness (QED) is 0.0531. The van der Waals surface area contributed by atoms with E-state index in [1.807, 2.05) is 0 Å². The molecule has 0 fully saturated rings. The summed E-state index contributed by atoms with van der Waals surface area (Å²) >= 11 is 0. The molecule has 2 heteroatoms. The Morgan fingerprint density at radius 2 is 0.849 bits per heavy atom. The lowest BCUT2D eigenvalue weighted by Crippen LogP contribution is -2.03. The van der Waals surface area contributed by atoms with E-state index >= 15 is 0 Å². The Morgan fingerprint density at radius 1 is 0.453 bits per heavy atom. The van der Waals surface area contributed by atoms with Crippen molar-refractivity contribution in [2.45, 2.75) is 214 Å². The number of benzene rings is 2. The van der Waals surface area contributed by atoms with Gasteiger partial charge >= 0.3 is 0 Å². The number of aryl methyl sites for hydroxylation is 2. The van der Waals surface area contributed by atoms with Crippen LogP contribution < -0.4 is 0 Å². The molecule has 0 amide bonds. The first-order valence-corrected chi connectivity index (χ1v) is 23.0. The molecule has 0 spiro atoms. The van der Waals surface area contributed by atoms with Gasteiger partial charge in [-0.15, -0.1) is 0 Å². The summed E-state index contributed by atoms with van der Waals surface area (Å²) < 4.78 is 1.54. The van der Waals surface area contributed by atoms with E-state index in [0.29, 0.717) is 0 Å². The van der Waals surface area contributed by atoms with Gasteiger partial charge in [0.1, 0.15) is 0 Å². The standard InChI is InChI=1S/C51H80N2/c1-5-9-13-14-15-16-17-18-19-20-21-22-23-24-25-26-27-28-29-30-31-41-49-48(40-12-8-4)50(46-38-32-36-44(42-46)34-10-6-2)53(52)51(49)47-39-33-37-45(43-47)35-11-7-3/h31-33,36-39,41-43H,5-30,34-35,40H2,1-4H3. The summed E-state index contributed by atoms with van der Waals surface area (Å²) in [7, 11) is 0. The molecule has 0 atom stereocenters. The van der Waals surface area contributed by atoms with Gasteiger partial charge in [0.15, 0.2) is 0 Å². The number of unbranched alkanes of at least 4 members (excludes halogenated alkanes) is 22. The fourth-order valence-electron chi connectivity index (χ4n) is 8.04. The van der Waals surface area contributed by atoms with Crippen LogP contribution in [0.4, 0.5) is 0 Å². The SMILES string of the molecule is CCCCCCCCCCCCCCCCCCCCCC=CC1=C(c2cccc(CCCC)c2)[N+](=[N-])C(c2cccc(CCCC)c2)=C1CCCC. The van der Waals surface area contributed by atoms with E-state index < -0.39 is 0 Å². The molecule has 3 rings (SSSR count). The van der Waals surface area contributed by atoms with Crippen molar-refractivity contribution in [3.63, 3.8) is 0 Å². The Morgan fingerprint density at radius 3 is 1.30 bits per heavy atom. The predicted molar refractivity (Wildman–Crippen MR) is 234 cm³/mol. The number of rotatable bonds is 32. The first kappa shape index (κ1) is 44.7. The highest BCUT2D eigenvalue weighted by Crippen LogP contribution is 2.43. The molecular formula is C51H80N2. The summed E-state index contributed by atoms with van der Waals surface area (Å²) in [5, 5.41) is 0. The summed E-state index contributed by atoms with van der Waals surface area (Å²) in [5.41, 5.74) is 21.5. The zero-order chi connectivity index (χ0) is 37.8. The van der Waals surface area contributed by atoms with Gasteiger partial charge < -0.3 is 5.53 Å². The first-order chi connectivity index (χ1) is 26.1. The van der Waals surface area contributed by atoms with Gasteiger partial charge in [0.25, 0.3) is 0 Å². The monoisotopic (exact) mass is 721 g/mol. The van der Waals surface area contributed by atoms with Crippen LogP contribution in [-0.4, -0.2) is 4.70 Å². The lowest BCUT2D eigenvalue weighted by molar-refractivity contribution is -0.345. The zero-order valence-corrected chi connectivity index (χ0v) is 35.2. The fraction of sp³-hybridized carbons (Fsp3) is 0.647. The highest BCUT2D eigenvalue weighted by atomic mass is 15.2. The highest BCUT2D eigenvalue weighted by molar-refractivity contribution is 5.84. The molecule has 0 aromatic heterocycles. The second kappa shape index (κ2) is 28.7. The molecular weight excluding hydrogens is 641 g/mol. The average Bonchev–Trinajstić information content (AvgIpc) is 3.46. The van der Waals surface area contributed by atoms with Crippen LogP contribution in [0.1, 0.15) is 223 Å². The summed E-state index contributed by atoms with van der Waals surface area (Å²) in [6, 6.07) is 17.9. The molecule has 1 aliphatic rings. The van der Waals surface area contributed by atoms with Crippen LogP contribution in [0.3, 0.4) is 0 Å². The minimum absolute atomic E-state index is 0.952. The lowest BCUT2D eigenvalue weighted by Gasteiger charge is -2.11. The van der Waals surface area contributed by atoms with E-state index in [-0.39, 0.29) is 0 Å². The zero-order valence-electron chi connectivity index (χ0n) is 35.2. The van der Waals surface area contributed by atoms with Crippen LogP contribution in [0.15, 0.2) is 71.8 Å². The van der Waals surface area contributed by atoms with Crippen LogP contribution >= 0.6 is 0 Å². The van der Waals surface area contributed by atoms with Crippen molar-refractivity contribution in [1.29, 1.82) is 0 Å². The molecule has 53 heavy (non-hydrogen) atoms. The predicted octanol–water partition coefficient (Wildman–Crippen LogP) is 17.1. The maximum atomic E-state index is 12.1. The summed E-state index contributed by atoms with van der Waals surface area (Å²) in [5.74, 6) is 0. The normalized spacial score (nSPS) is 13.4. The molecule has 0 radical (unpaired) electrons. The molecule has 2 nitrogen and oxygen atoms in total. The molecule has 1 heterocycles. The van der Waals surface area contributed by atoms with Gasteiger partial charge in [-0.1, -0.05) is 199 Å². The van der Waals surface area contributed by atoms with Crippen LogP contribution in [0.25, 0.3) is 16.9 Å². The Bertz CT molecular complexity index is 1370. The van der Waals surface area contributed by atoms with Gasteiger partial charge in [-0.3, -0.25) is 0 Å². The summed E-state index contributed by atoms with van der Waals surface area (Å²) in [4.78, 5) is 0. The third kappa shape index (κ3) is 17.1. The Labute approximate surface area is 328 Å². The van der Waals surface area contributed by atoms with Crippen molar-refractivity contribution in [3.05, 3.63) is 99.6 Å². The Kier molecular flexibility index (Phi) is 24.2. The van der Waals surface area contributed by atoms with Gasteiger partial charge in [-0.25, -0.2) is 4.70 Å². The molecule has 0 bridgehead atoms. The largest absolute Gasteiger partial charge is 0.493 e. The van der Waals surface area contributed by atoms with Gasteiger partial charge in [0, 0.05) is 16.7 Å². The highest BCUT2D eigenvalue weighted by Gasteiger charge is 2.34. The second-order valence-corrected chi connectivity index (χ2v) is 16.2. The summed E-state index contributed by atoms with van der Waals surface area (Å²) in [6.45, 7) is 9.09. The molecule has 2 aromatic rings. The van der Waals surface area contributed by atoms with Crippen molar-refractivity contribution >= 4 is 11.4 Å². The molecule has 0 unspecified atom stereocenters. The first-order valence-electron chi connectivity index (χ1n) is 23.0. The van der Waals surface area contributed by atoms with Crippen molar-refractivity contribution in [3.8, 4) is 0 Å². The van der Waals surface area contributed by atoms with Gasteiger partial charge in [0.2, 0.25) is 11.4 Å². The van der Waals surface area contributed by atoms with Crippen LogP contribution in [-0.2, 0) is 12.8 Å². The smallest absolute Gasteiger partial charge is 0.215 e. The molecule has 1 aliphatic heterocycles. The number of hydrogen-bond donors (Lipinski definition) is 0. The van der Waals surface area contributed by atoms with E-state index in [4.69, 9.17) is 0 Å². The maximum absolute atomic E-state index is 12.1. The van der Waals surface area contributed by atoms with Crippen molar-refractivity contribution in [2.75, 3.05) is 0 Å². The minimum atomic E-state index is 0.952. The molecule has 0 saturated carbocycles. The minimum Gasteiger partial charge on any atom is -0.493 e. The van der Waals surface area contributed by atoms with Crippen LogP contribution in [0, 0.1) is 0 Å². The van der Waals surface area contributed by atoms with E-state index in [1.54, 1.807) is 4.70 Å². The van der Waals surface area contributed by atoms with Gasteiger partial charge in [-0.2, -0.15) is 0 Å². The Balaban J connectivity index is 1.52. The van der Waals surface area contributed by atoms with Gasteiger partial charge in [-0.05, 0) is 86.8 Å². The molecule has 0 saturated heterocycles. The maximum Gasteiger partial charge on any atom is 0.215 e.